The number of hydrogen-bond acceptors (Lipinski definition) is 9. The highest BCUT2D eigenvalue weighted by molar-refractivity contribution is 6.33. The number of hydrazine groups is 1. The number of imide groups is 2. The van der Waals surface area contributed by atoms with Crippen LogP contribution in [0.25, 0.3) is 0 Å². The lowest BCUT2D eigenvalue weighted by Gasteiger charge is -2.50. The number of alkyl halides is 3. The molecule has 0 unspecified atom stereocenters. The number of hydrogen-bond donors (Lipinski definition) is 3. The Morgan fingerprint density at radius 1 is 1.00 bits per heavy atom. The summed E-state index contributed by atoms with van der Waals surface area (Å²) in [6.07, 6.45) is -2.87. The lowest BCUT2D eigenvalue weighted by atomic mass is 9.49. The molecular formula is C37H31Cl2F3N4O8. The van der Waals surface area contributed by atoms with Gasteiger partial charge in [0, 0.05) is 23.7 Å². The number of carbonyl (C=O) groups excluding carboxylic acids is 4. The van der Waals surface area contributed by atoms with E-state index in [2.05, 4.69) is 10.4 Å². The van der Waals surface area contributed by atoms with Gasteiger partial charge in [-0.1, -0.05) is 59.1 Å². The number of halogens is 5. The fourth-order valence-electron chi connectivity index (χ4n) is 8.57. The number of aliphatic hydroxyl groups is 1. The van der Waals surface area contributed by atoms with Crippen molar-refractivity contribution in [2.45, 2.75) is 36.8 Å². The van der Waals surface area contributed by atoms with E-state index in [1.807, 2.05) is 6.08 Å². The van der Waals surface area contributed by atoms with Gasteiger partial charge in [-0.25, -0.2) is 4.98 Å². The molecule has 3 fully saturated rings. The third-order valence-corrected chi connectivity index (χ3v) is 11.3. The summed E-state index contributed by atoms with van der Waals surface area (Å²) in [5.74, 6) is -8.51. The van der Waals surface area contributed by atoms with E-state index in [0.717, 1.165) is 4.90 Å². The summed E-state index contributed by atoms with van der Waals surface area (Å²) in [7, 11) is 0. The molecule has 17 heteroatoms. The van der Waals surface area contributed by atoms with Crippen LogP contribution in [0.15, 0.2) is 72.4 Å². The van der Waals surface area contributed by atoms with Crippen molar-refractivity contribution in [1.29, 1.82) is 0 Å². The molecular weight excluding hydrogens is 756 g/mol. The first kappa shape index (κ1) is 37.3. The van der Waals surface area contributed by atoms with E-state index in [0.29, 0.717) is 44.7 Å². The van der Waals surface area contributed by atoms with Crippen LogP contribution in [0, 0.1) is 23.7 Å². The molecule has 12 nitrogen and oxygen atoms in total. The van der Waals surface area contributed by atoms with Crippen LogP contribution in [-0.4, -0.2) is 74.5 Å². The number of carboxylic acid groups (broad SMARTS) is 1. The Balaban J connectivity index is 1.39. The van der Waals surface area contributed by atoms with Gasteiger partial charge in [0.15, 0.2) is 5.82 Å². The molecule has 3 heterocycles. The fraction of sp³-hybridized carbons (Fsp3) is 0.351. The highest BCUT2D eigenvalue weighted by atomic mass is 35.5. The number of carbonyl (C=O) groups is 5. The zero-order valence-electron chi connectivity index (χ0n) is 28.1. The maximum absolute atomic E-state index is 15.2. The van der Waals surface area contributed by atoms with Gasteiger partial charge >= 0.3 is 12.1 Å². The van der Waals surface area contributed by atoms with Gasteiger partial charge in [0.2, 0.25) is 11.8 Å². The number of amides is 4. The van der Waals surface area contributed by atoms with Crippen molar-refractivity contribution < 1.29 is 52.1 Å². The molecule has 3 aromatic rings. The first-order valence-electron chi connectivity index (χ1n) is 16.9. The SMILES string of the molecule is O=C(O)CCN1C(=O)[C@H]2[C@H](CC=C3[C@H]2C[C@H]2C(=O)N(Nc4ncc(C(F)(F)F)cc4Cl)C(=O)[C@@]2(c2ccc(Cl)cc2)[C@H]3c2ccc(OCCO)cc2)C1=O. The number of anilines is 1. The van der Waals surface area contributed by atoms with Crippen LogP contribution < -0.4 is 10.2 Å². The number of fused-ring (bicyclic) bond motifs is 4. The molecule has 6 atom stereocenters. The number of likely N-dealkylation sites (tertiary alicyclic amines) is 1. The number of benzene rings is 2. The second kappa shape index (κ2) is 14.0. The minimum absolute atomic E-state index is 0.0124. The molecule has 2 aliphatic heterocycles. The van der Waals surface area contributed by atoms with Crippen molar-refractivity contribution in [1.82, 2.24) is 14.9 Å². The molecule has 282 valence electrons. The number of ether oxygens (including phenoxy) is 1. The first-order valence-corrected chi connectivity index (χ1v) is 17.7. The van der Waals surface area contributed by atoms with Crippen molar-refractivity contribution >= 4 is 58.6 Å². The minimum atomic E-state index is -4.77. The van der Waals surface area contributed by atoms with E-state index in [1.54, 1.807) is 48.5 Å². The summed E-state index contributed by atoms with van der Waals surface area (Å²) in [5.41, 5.74) is 1.24. The number of pyridine rings is 1. The van der Waals surface area contributed by atoms with Gasteiger partial charge in [0.05, 0.1) is 46.8 Å². The summed E-state index contributed by atoms with van der Waals surface area (Å²) < 4.78 is 45.9. The maximum atomic E-state index is 15.2. The standard InChI is InChI=1S/C37H31Cl2F3N4O8/c38-21-5-3-19(4-6-21)36-26(33(51)46(35(36)53)44-31-27(39)15-20(17-43-31)37(40,41)42)16-25-23(30(36)18-1-7-22(8-2-18)54-14-13-47)9-10-24-29(25)34(52)45(32(24)50)12-11-28(48)49/h1-9,15,17,24-26,29-30,47H,10-14,16H2,(H,43,44)(H,48,49)/t24-,25+,26-,29-,30-,36+/m0/s1. The normalized spacial score (nSPS) is 26.3. The molecule has 0 spiro atoms. The Hall–Kier alpha value is -4.99. The van der Waals surface area contributed by atoms with Crippen LogP contribution in [0.4, 0.5) is 19.0 Å². The summed E-state index contributed by atoms with van der Waals surface area (Å²) in [6.45, 7) is -0.552. The molecule has 2 saturated heterocycles. The predicted molar refractivity (Wildman–Crippen MR) is 185 cm³/mol. The smallest absolute Gasteiger partial charge is 0.417 e. The van der Waals surface area contributed by atoms with Crippen LogP contribution in [0.3, 0.4) is 0 Å². The molecule has 54 heavy (non-hydrogen) atoms. The number of carboxylic acids is 1. The number of rotatable bonds is 10. The van der Waals surface area contributed by atoms with Gasteiger partial charge in [-0.2, -0.15) is 18.2 Å². The average Bonchev–Trinajstić information content (AvgIpc) is 3.51. The molecule has 1 aromatic heterocycles. The minimum Gasteiger partial charge on any atom is -0.491 e. The summed E-state index contributed by atoms with van der Waals surface area (Å²) >= 11 is 12.5. The Kier molecular flexibility index (Phi) is 9.69. The Bertz CT molecular complexity index is 2080. The lowest BCUT2D eigenvalue weighted by Crippen LogP contribution is -2.53. The molecule has 2 aliphatic carbocycles. The Labute approximate surface area is 315 Å². The van der Waals surface area contributed by atoms with E-state index < -0.39 is 87.8 Å². The van der Waals surface area contributed by atoms with E-state index in [-0.39, 0.29) is 38.4 Å². The third kappa shape index (κ3) is 6.07. The summed E-state index contributed by atoms with van der Waals surface area (Å²) in [6, 6.07) is 13.6. The average molecular weight is 788 g/mol. The van der Waals surface area contributed by atoms with Crippen molar-refractivity contribution in [2.24, 2.45) is 23.7 Å². The topological polar surface area (TPSA) is 166 Å². The number of allylic oxidation sites excluding steroid dienone is 2. The van der Waals surface area contributed by atoms with Crippen molar-refractivity contribution in [2.75, 3.05) is 25.2 Å². The van der Waals surface area contributed by atoms with Crippen LogP contribution in [-0.2, 0) is 35.6 Å². The predicted octanol–water partition coefficient (Wildman–Crippen LogP) is 5.24. The van der Waals surface area contributed by atoms with Crippen LogP contribution >= 0.6 is 23.2 Å². The molecule has 0 bridgehead atoms. The van der Waals surface area contributed by atoms with Crippen LogP contribution in [0.2, 0.25) is 10.0 Å². The zero-order chi connectivity index (χ0) is 38.7. The van der Waals surface area contributed by atoms with E-state index >= 15 is 4.79 Å². The van der Waals surface area contributed by atoms with E-state index in [4.69, 9.17) is 27.9 Å². The fourth-order valence-corrected chi connectivity index (χ4v) is 8.91. The maximum Gasteiger partial charge on any atom is 0.417 e. The summed E-state index contributed by atoms with van der Waals surface area (Å²) in [4.78, 5) is 73.6. The quantitative estimate of drug-likeness (QED) is 0.183. The molecule has 4 aliphatic rings. The number of nitrogens with zero attached hydrogens (tertiary/aromatic N) is 3. The highest BCUT2D eigenvalue weighted by Gasteiger charge is 2.70. The van der Waals surface area contributed by atoms with Crippen molar-refractivity contribution in [3.05, 3.63) is 99.2 Å². The zero-order valence-corrected chi connectivity index (χ0v) is 29.6. The monoisotopic (exact) mass is 786 g/mol. The van der Waals surface area contributed by atoms with Crippen LogP contribution in [0.1, 0.15) is 41.9 Å². The van der Waals surface area contributed by atoms with E-state index in [1.165, 1.54) is 0 Å². The van der Waals surface area contributed by atoms with Gasteiger partial charge in [0.25, 0.3) is 11.8 Å². The second-order valence-corrected chi connectivity index (χ2v) is 14.4. The van der Waals surface area contributed by atoms with Gasteiger partial charge in [-0.15, -0.1) is 0 Å². The van der Waals surface area contributed by atoms with Crippen molar-refractivity contribution in [3.8, 4) is 5.75 Å². The van der Waals surface area contributed by atoms with Crippen molar-refractivity contribution in [3.63, 3.8) is 0 Å². The Morgan fingerprint density at radius 2 is 1.70 bits per heavy atom. The molecule has 4 amide bonds. The largest absolute Gasteiger partial charge is 0.491 e. The molecule has 1 saturated carbocycles. The highest BCUT2D eigenvalue weighted by Crippen LogP contribution is 2.64. The number of aromatic nitrogens is 1. The first-order chi connectivity index (χ1) is 25.7. The second-order valence-electron chi connectivity index (χ2n) is 13.5. The summed E-state index contributed by atoms with van der Waals surface area (Å²) in [5, 5.41) is 19.1. The molecule has 2 aromatic carbocycles. The molecule has 3 N–H and O–H groups in total. The van der Waals surface area contributed by atoms with Gasteiger partial charge in [-0.3, -0.25) is 34.3 Å². The molecule has 7 rings (SSSR count). The lowest BCUT2D eigenvalue weighted by molar-refractivity contribution is -0.143. The number of aliphatic hydroxyl groups excluding tert-OH is 1. The third-order valence-electron chi connectivity index (χ3n) is 10.8. The number of nitrogens with one attached hydrogen (secondary N) is 1. The number of aliphatic carboxylic acids is 1. The Morgan fingerprint density at radius 3 is 2.33 bits per heavy atom. The van der Waals surface area contributed by atoms with Gasteiger partial charge in [0.1, 0.15) is 12.4 Å². The van der Waals surface area contributed by atoms with Gasteiger partial charge in [-0.05, 0) is 60.2 Å². The van der Waals surface area contributed by atoms with E-state index in [9.17, 15) is 42.6 Å². The van der Waals surface area contributed by atoms with Crippen LogP contribution in [0.5, 0.6) is 5.75 Å². The molecule has 0 radical (unpaired) electrons. The van der Waals surface area contributed by atoms with Gasteiger partial charge < -0.3 is 14.9 Å².